The summed E-state index contributed by atoms with van der Waals surface area (Å²) in [6, 6.07) is 7.93. The van der Waals surface area contributed by atoms with Crippen molar-refractivity contribution in [1.29, 1.82) is 0 Å². The van der Waals surface area contributed by atoms with Gasteiger partial charge in [-0.15, -0.1) is 11.3 Å². The van der Waals surface area contributed by atoms with Gasteiger partial charge in [-0.05, 0) is 13.0 Å². The summed E-state index contributed by atoms with van der Waals surface area (Å²) in [4.78, 5) is 12.4. The predicted molar refractivity (Wildman–Crippen MR) is 67.3 cm³/mol. The Morgan fingerprint density at radius 3 is 2.88 bits per heavy atom. The summed E-state index contributed by atoms with van der Waals surface area (Å²) in [5.74, 6) is -0.256. The molecule has 84 valence electrons. The van der Waals surface area contributed by atoms with E-state index < -0.39 is 0 Å². The molecule has 0 aliphatic rings. The number of fused-ring (bicyclic) bond motifs is 1. The average Bonchev–Trinajstić information content (AvgIpc) is 2.67. The molecule has 16 heavy (non-hydrogen) atoms. The lowest BCUT2D eigenvalue weighted by Crippen LogP contribution is -2.04. The standard InChI is InChI=1S/C12H13NO2S/c1-3-15-12(14)11-10(13-2)8-6-4-5-7-9(8)16-11/h4-7,13H,3H2,1-2H3. The van der Waals surface area contributed by atoms with Gasteiger partial charge in [0.1, 0.15) is 4.88 Å². The highest BCUT2D eigenvalue weighted by atomic mass is 32.1. The minimum absolute atomic E-state index is 0.256. The molecule has 1 aromatic carbocycles. The third-order valence-electron chi connectivity index (χ3n) is 2.31. The fraction of sp³-hybridized carbons (Fsp3) is 0.250. The third-order valence-corrected chi connectivity index (χ3v) is 3.46. The molecule has 4 heteroatoms. The number of ether oxygens (including phenoxy) is 1. The Kier molecular flexibility index (Phi) is 3.10. The van der Waals surface area contributed by atoms with E-state index in [0.717, 1.165) is 15.8 Å². The number of carbonyl (C=O) groups excluding carboxylic acids is 1. The number of hydrogen-bond acceptors (Lipinski definition) is 4. The maximum atomic E-state index is 11.7. The predicted octanol–water partition coefficient (Wildman–Crippen LogP) is 3.12. The molecule has 0 fully saturated rings. The summed E-state index contributed by atoms with van der Waals surface area (Å²) in [6.45, 7) is 2.21. The number of esters is 1. The maximum absolute atomic E-state index is 11.7. The molecule has 1 heterocycles. The molecular weight excluding hydrogens is 222 g/mol. The molecule has 0 atom stereocenters. The van der Waals surface area contributed by atoms with Crippen LogP contribution in [0, 0.1) is 0 Å². The number of nitrogens with one attached hydrogen (secondary N) is 1. The fourth-order valence-corrected chi connectivity index (χ4v) is 2.74. The van der Waals surface area contributed by atoms with Gasteiger partial charge in [-0.1, -0.05) is 18.2 Å². The van der Waals surface area contributed by atoms with Gasteiger partial charge >= 0.3 is 5.97 Å². The van der Waals surface area contributed by atoms with E-state index in [0.29, 0.717) is 11.5 Å². The molecule has 0 bridgehead atoms. The van der Waals surface area contributed by atoms with E-state index in [-0.39, 0.29) is 5.97 Å². The first-order valence-electron chi connectivity index (χ1n) is 5.14. The van der Waals surface area contributed by atoms with Crippen LogP contribution in [0.1, 0.15) is 16.6 Å². The monoisotopic (exact) mass is 235 g/mol. The highest BCUT2D eigenvalue weighted by Gasteiger charge is 2.17. The van der Waals surface area contributed by atoms with Gasteiger partial charge in [0.15, 0.2) is 0 Å². The van der Waals surface area contributed by atoms with Crippen LogP contribution in [0.4, 0.5) is 5.69 Å². The van der Waals surface area contributed by atoms with Crippen LogP contribution >= 0.6 is 11.3 Å². The average molecular weight is 235 g/mol. The minimum atomic E-state index is -0.256. The van der Waals surface area contributed by atoms with Crippen molar-refractivity contribution in [1.82, 2.24) is 0 Å². The van der Waals surface area contributed by atoms with Gasteiger partial charge < -0.3 is 10.1 Å². The molecule has 1 N–H and O–H groups in total. The van der Waals surface area contributed by atoms with Crippen LogP contribution < -0.4 is 5.32 Å². The third kappa shape index (κ3) is 1.76. The van der Waals surface area contributed by atoms with Gasteiger partial charge in [-0.25, -0.2) is 4.79 Å². The van der Waals surface area contributed by atoms with Crippen LogP contribution in [0.15, 0.2) is 24.3 Å². The number of thiophene rings is 1. The van der Waals surface area contributed by atoms with E-state index in [2.05, 4.69) is 5.32 Å². The quantitative estimate of drug-likeness (QED) is 0.831. The largest absolute Gasteiger partial charge is 0.462 e. The second-order valence-corrected chi connectivity index (χ2v) is 4.33. The van der Waals surface area contributed by atoms with Crippen molar-refractivity contribution in [2.45, 2.75) is 6.92 Å². The van der Waals surface area contributed by atoms with Crippen LogP contribution in [0.5, 0.6) is 0 Å². The molecule has 0 aliphatic heterocycles. The molecule has 1 aromatic heterocycles. The lowest BCUT2D eigenvalue weighted by Gasteiger charge is -2.02. The van der Waals surface area contributed by atoms with Crippen molar-refractivity contribution in [2.24, 2.45) is 0 Å². The number of anilines is 1. The van der Waals surface area contributed by atoms with Gasteiger partial charge in [0.05, 0.1) is 12.3 Å². The van der Waals surface area contributed by atoms with E-state index >= 15 is 0 Å². The summed E-state index contributed by atoms with van der Waals surface area (Å²) >= 11 is 1.46. The Morgan fingerprint density at radius 2 is 2.19 bits per heavy atom. The molecule has 3 nitrogen and oxygen atoms in total. The Hall–Kier alpha value is -1.55. The van der Waals surface area contributed by atoms with Crippen molar-refractivity contribution in [2.75, 3.05) is 19.0 Å². The van der Waals surface area contributed by atoms with Crippen molar-refractivity contribution in [3.8, 4) is 0 Å². The first-order chi connectivity index (χ1) is 7.77. The summed E-state index contributed by atoms with van der Waals surface area (Å²) in [5.41, 5.74) is 0.860. The van der Waals surface area contributed by atoms with Gasteiger partial charge in [-0.2, -0.15) is 0 Å². The van der Waals surface area contributed by atoms with E-state index in [1.807, 2.05) is 38.2 Å². The molecule has 0 radical (unpaired) electrons. The molecule has 0 saturated carbocycles. The van der Waals surface area contributed by atoms with Gasteiger partial charge in [0.25, 0.3) is 0 Å². The van der Waals surface area contributed by atoms with Crippen LogP contribution in [0.25, 0.3) is 10.1 Å². The molecule has 0 aliphatic carbocycles. The zero-order valence-corrected chi connectivity index (χ0v) is 10.1. The van der Waals surface area contributed by atoms with Crippen molar-refractivity contribution < 1.29 is 9.53 Å². The second kappa shape index (κ2) is 4.53. The summed E-state index contributed by atoms with van der Waals surface area (Å²) in [5, 5.41) is 4.14. The number of rotatable bonds is 3. The molecule has 0 spiro atoms. The molecule has 0 amide bonds. The van der Waals surface area contributed by atoms with E-state index in [1.54, 1.807) is 0 Å². The minimum Gasteiger partial charge on any atom is -0.462 e. The van der Waals surface area contributed by atoms with Gasteiger partial charge in [0, 0.05) is 17.1 Å². The highest BCUT2D eigenvalue weighted by molar-refractivity contribution is 7.21. The van der Waals surface area contributed by atoms with Crippen molar-refractivity contribution >= 4 is 33.1 Å². The van der Waals surface area contributed by atoms with E-state index in [1.165, 1.54) is 11.3 Å². The zero-order chi connectivity index (χ0) is 11.5. The Morgan fingerprint density at radius 1 is 1.44 bits per heavy atom. The SMILES string of the molecule is CCOC(=O)c1sc2ccccc2c1NC. The Labute approximate surface area is 98.0 Å². The normalized spacial score (nSPS) is 10.4. The lowest BCUT2D eigenvalue weighted by atomic mass is 10.2. The zero-order valence-electron chi connectivity index (χ0n) is 9.24. The van der Waals surface area contributed by atoms with Gasteiger partial charge in [0.2, 0.25) is 0 Å². The topological polar surface area (TPSA) is 38.3 Å². The summed E-state index contributed by atoms with van der Waals surface area (Å²) in [6.07, 6.45) is 0. The Bertz CT molecular complexity index is 519. The molecule has 2 rings (SSSR count). The number of carbonyl (C=O) groups is 1. The maximum Gasteiger partial charge on any atom is 0.350 e. The van der Waals surface area contributed by atoms with Crippen LogP contribution in [-0.4, -0.2) is 19.6 Å². The number of benzene rings is 1. The Balaban J connectivity index is 2.56. The van der Waals surface area contributed by atoms with Crippen LogP contribution in [-0.2, 0) is 4.74 Å². The smallest absolute Gasteiger partial charge is 0.350 e. The summed E-state index contributed by atoms with van der Waals surface area (Å²) < 4.78 is 6.12. The van der Waals surface area contributed by atoms with Crippen molar-refractivity contribution in [3.05, 3.63) is 29.1 Å². The first-order valence-corrected chi connectivity index (χ1v) is 5.96. The second-order valence-electron chi connectivity index (χ2n) is 3.27. The van der Waals surface area contributed by atoms with E-state index in [9.17, 15) is 4.79 Å². The van der Waals surface area contributed by atoms with Crippen molar-refractivity contribution in [3.63, 3.8) is 0 Å². The molecule has 0 saturated heterocycles. The lowest BCUT2D eigenvalue weighted by molar-refractivity contribution is 0.0533. The fourth-order valence-electron chi connectivity index (χ4n) is 1.63. The first kappa shape index (κ1) is 11.0. The highest BCUT2D eigenvalue weighted by Crippen LogP contribution is 2.35. The summed E-state index contributed by atoms with van der Waals surface area (Å²) in [7, 11) is 1.82. The van der Waals surface area contributed by atoms with E-state index in [4.69, 9.17) is 4.74 Å². The van der Waals surface area contributed by atoms with Gasteiger partial charge in [-0.3, -0.25) is 0 Å². The van der Waals surface area contributed by atoms with Crippen LogP contribution in [0.3, 0.4) is 0 Å². The molecule has 0 unspecified atom stereocenters. The van der Waals surface area contributed by atoms with Crippen LogP contribution in [0.2, 0.25) is 0 Å². The number of hydrogen-bond donors (Lipinski definition) is 1. The molecule has 2 aromatic rings. The molecular formula is C12H13NO2S.